The van der Waals surface area contributed by atoms with Gasteiger partial charge in [-0.3, -0.25) is 0 Å². The van der Waals surface area contributed by atoms with Crippen LogP contribution in [0, 0.1) is 6.92 Å². The summed E-state index contributed by atoms with van der Waals surface area (Å²) < 4.78 is 22.4. The Morgan fingerprint density at radius 3 is 2.40 bits per heavy atom. The number of allylic oxidation sites excluding steroid dienone is 4. The molecule has 0 spiro atoms. The van der Waals surface area contributed by atoms with E-state index in [-0.39, 0.29) is 6.10 Å². The highest BCUT2D eigenvalue weighted by Gasteiger charge is 2.70. The maximum atomic E-state index is 11.6. The molecule has 2 saturated heterocycles. The molecule has 30 heavy (non-hydrogen) atoms. The molecule has 0 aliphatic carbocycles. The Bertz CT molecular complexity index is 945. The minimum Gasteiger partial charge on any atom is -0.496 e. The average Bonchev–Trinajstić information content (AvgIpc) is 2.82. The van der Waals surface area contributed by atoms with Gasteiger partial charge in [0, 0.05) is 5.56 Å². The molecule has 3 rings (SSSR count). The van der Waals surface area contributed by atoms with E-state index in [2.05, 4.69) is 0 Å². The molecule has 2 fully saturated rings. The van der Waals surface area contributed by atoms with Gasteiger partial charge in [0.05, 0.1) is 19.3 Å². The van der Waals surface area contributed by atoms with Crippen molar-refractivity contribution in [3.8, 4) is 5.75 Å². The van der Waals surface area contributed by atoms with Crippen molar-refractivity contribution in [3.63, 3.8) is 0 Å². The number of rotatable bonds is 5. The summed E-state index contributed by atoms with van der Waals surface area (Å²) >= 11 is 0. The van der Waals surface area contributed by atoms with Crippen molar-refractivity contribution in [3.05, 3.63) is 58.2 Å². The molecule has 0 aromatic carbocycles. The SMILES string of the molecule is COc1cc(=O)oc(/C=C/C=C/C=C/[C@@]2(C)O[C@]3(C)C(O)[C@@](C)(O[C@@H]3C)[C@H]2O)c1C. The first-order valence-electron chi connectivity index (χ1n) is 9.93. The lowest BCUT2D eigenvalue weighted by Crippen LogP contribution is -2.69. The summed E-state index contributed by atoms with van der Waals surface area (Å²) in [7, 11) is 1.50. The molecular weight excluding hydrogens is 388 g/mol. The molecule has 0 radical (unpaired) electrons. The molecule has 0 amide bonds. The quantitative estimate of drug-likeness (QED) is 0.709. The Morgan fingerprint density at radius 1 is 1.07 bits per heavy atom. The van der Waals surface area contributed by atoms with Gasteiger partial charge in [-0.15, -0.1) is 0 Å². The first-order valence-corrected chi connectivity index (χ1v) is 9.93. The second-order valence-corrected chi connectivity index (χ2v) is 8.44. The molecule has 1 aromatic heterocycles. The van der Waals surface area contributed by atoms with Crippen molar-refractivity contribution >= 4 is 6.08 Å². The predicted octanol–water partition coefficient (Wildman–Crippen LogP) is 2.53. The Kier molecular flexibility index (Phi) is 5.86. The molecular formula is C23H30O7. The van der Waals surface area contributed by atoms with Gasteiger partial charge in [-0.1, -0.05) is 30.4 Å². The molecule has 2 bridgehead atoms. The summed E-state index contributed by atoms with van der Waals surface area (Å²) in [4.78, 5) is 11.6. The summed E-state index contributed by atoms with van der Waals surface area (Å²) in [6.07, 6.45) is 8.11. The molecule has 164 valence electrons. The van der Waals surface area contributed by atoms with Gasteiger partial charge in [0.1, 0.15) is 40.5 Å². The van der Waals surface area contributed by atoms with Crippen molar-refractivity contribution in [2.45, 2.75) is 69.7 Å². The van der Waals surface area contributed by atoms with Crippen molar-refractivity contribution < 1.29 is 28.8 Å². The molecule has 0 saturated carbocycles. The van der Waals surface area contributed by atoms with E-state index in [9.17, 15) is 15.0 Å². The van der Waals surface area contributed by atoms with Crippen LogP contribution in [0.5, 0.6) is 5.75 Å². The molecule has 7 heteroatoms. The fourth-order valence-corrected chi connectivity index (χ4v) is 4.37. The minimum atomic E-state index is -1.11. The van der Waals surface area contributed by atoms with Gasteiger partial charge in [0.2, 0.25) is 0 Å². The van der Waals surface area contributed by atoms with Crippen LogP contribution in [0.3, 0.4) is 0 Å². The predicted molar refractivity (Wildman–Crippen MR) is 112 cm³/mol. The van der Waals surface area contributed by atoms with Gasteiger partial charge in [0.25, 0.3) is 0 Å². The molecule has 2 aliphatic heterocycles. The van der Waals surface area contributed by atoms with Crippen LogP contribution >= 0.6 is 0 Å². The Morgan fingerprint density at radius 2 is 1.73 bits per heavy atom. The third kappa shape index (κ3) is 3.56. The maximum Gasteiger partial charge on any atom is 0.339 e. The smallest absolute Gasteiger partial charge is 0.339 e. The van der Waals surface area contributed by atoms with Crippen LogP contribution in [-0.2, 0) is 9.47 Å². The van der Waals surface area contributed by atoms with Gasteiger partial charge in [0.15, 0.2) is 0 Å². The van der Waals surface area contributed by atoms with Crippen LogP contribution in [-0.4, -0.2) is 52.4 Å². The van der Waals surface area contributed by atoms with Crippen molar-refractivity contribution in [2.24, 2.45) is 0 Å². The van der Waals surface area contributed by atoms with Gasteiger partial charge >= 0.3 is 5.63 Å². The summed E-state index contributed by atoms with van der Waals surface area (Å²) in [6, 6.07) is 1.30. The standard InChI is InChI=1S/C23H30O7/c1-14-16(28-18(24)13-17(14)27-6)11-9-7-8-10-12-21(3)19(25)23(5)20(26)22(4,30-21)15(2)29-23/h7-13,15,19-20,25-26H,1-6H3/b8-7+,11-9+,12-10+/t15-,19+,20?,21-,22+,23+/m1/s1. The molecule has 1 aromatic rings. The molecule has 2 aliphatic rings. The molecule has 7 nitrogen and oxygen atoms in total. The normalized spacial score (nSPS) is 38.9. The third-order valence-corrected chi connectivity index (χ3v) is 6.28. The Hall–Kier alpha value is -2.19. The number of aliphatic hydroxyl groups excluding tert-OH is 2. The van der Waals surface area contributed by atoms with E-state index in [1.165, 1.54) is 13.2 Å². The van der Waals surface area contributed by atoms with E-state index in [1.807, 2.05) is 6.92 Å². The lowest BCUT2D eigenvalue weighted by molar-refractivity contribution is -0.261. The maximum absolute atomic E-state index is 11.6. The van der Waals surface area contributed by atoms with E-state index in [4.69, 9.17) is 18.6 Å². The van der Waals surface area contributed by atoms with Crippen LogP contribution in [0.4, 0.5) is 0 Å². The van der Waals surface area contributed by atoms with Crippen LogP contribution in [0.1, 0.15) is 39.0 Å². The fourth-order valence-electron chi connectivity index (χ4n) is 4.37. The highest BCUT2D eigenvalue weighted by molar-refractivity contribution is 5.52. The van der Waals surface area contributed by atoms with Crippen molar-refractivity contribution in [2.75, 3.05) is 7.11 Å². The summed E-state index contributed by atoms with van der Waals surface area (Å²) in [5.74, 6) is 0.893. The summed E-state index contributed by atoms with van der Waals surface area (Å²) in [6.45, 7) is 8.92. The lowest BCUT2D eigenvalue weighted by Gasteiger charge is -2.51. The number of hydrogen-bond acceptors (Lipinski definition) is 7. The zero-order valence-electron chi connectivity index (χ0n) is 18.2. The topological polar surface area (TPSA) is 98.4 Å². The highest BCUT2D eigenvalue weighted by Crippen LogP contribution is 2.52. The molecule has 2 N–H and O–H groups in total. The largest absolute Gasteiger partial charge is 0.496 e. The van der Waals surface area contributed by atoms with E-state index < -0.39 is 34.6 Å². The Balaban J connectivity index is 1.74. The first-order chi connectivity index (χ1) is 14.0. The fraction of sp³-hybridized carbons (Fsp3) is 0.522. The van der Waals surface area contributed by atoms with Gasteiger partial charge in [-0.05, 0) is 40.7 Å². The van der Waals surface area contributed by atoms with Crippen LogP contribution in [0.15, 0.2) is 45.7 Å². The molecule has 6 atom stereocenters. The lowest BCUT2D eigenvalue weighted by atomic mass is 9.73. The second-order valence-electron chi connectivity index (χ2n) is 8.44. The van der Waals surface area contributed by atoms with Gasteiger partial charge < -0.3 is 28.8 Å². The highest BCUT2D eigenvalue weighted by atomic mass is 16.6. The van der Waals surface area contributed by atoms with E-state index in [0.29, 0.717) is 11.5 Å². The Labute approximate surface area is 176 Å². The first kappa shape index (κ1) is 22.5. The number of ether oxygens (including phenoxy) is 3. The second kappa shape index (κ2) is 7.81. The summed E-state index contributed by atoms with van der Waals surface area (Å²) in [5.41, 5.74) is -2.81. The van der Waals surface area contributed by atoms with Crippen LogP contribution < -0.4 is 10.4 Å². The van der Waals surface area contributed by atoms with E-state index >= 15 is 0 Å². The monoisotopic (exact) mass is 418 g/mol. The van der Waals surface area contributed by atoms with Crippen molar-refractivity contribution in [1.82, 2.24) is 0 Å². The number of aliphatic hydroxyl groups is 2. The zero-order valence-corrected chi connectivity index (χ0v) is 18.2. The minimum absolute atomic E-state index is 0.360. The van der Waals surface area contributed by atoms with E-state index in [1.54, 1.807) is 64.2 Å². The van der Waals surface area contributed by atoms with Crippen molar-refractivity contribution in [1.29, 1.82) is 0 Å². The zero-order chi connectivity index (χ0) is 22.3. The molecule has 3 heterocycles. The van der Waals surface area contributed by atoms with Gasteiger partial charge in [-0.25, -0.2) is 4.79 Å². The third-order valence-electron chi connectivity index (χ3n) is 6.28. The van der Waals surface area contributed by atoms with Crippen LogP contribution in [0.2, 0.25) is 0 Å². The number of methoxy groups -OCH3 is 1. The number of hydrogen-bond donors (Lipinski definition) is 2. The van der Waals surface area contributed by atoms with E-state index in [0.717, 1.165) is 5.56 Å². The molecule has 1 unspecified atom stereocenters. The van der Waals surface area contributed by atoms with Crippen LogP contribution in [0.25, 0.3) is 6.08 Å². The average molecular weight is 418 g/mol. The summed E-state index contributed by atoms with van der Waals surface area (Å²) in [5, 5.41) is 21.5. The number of fused-ring (bicyclic) bond motifs is 2. The van der Waals surface area contributed by atoms with Gasteiger partial charge in [-0.2, -0.15) is 0 Å².